The van der Waals surface area contributed by atoms with Gasteiger partial charge in [0.2, 0.25) is 0 Å². The first-order valence-electron chi connectivity index (χ1n) is 9.20. The lowest BCUT2D eigenvalue weighted by atomic mass is 9.76. The van der Waals surface area contributed by atoms with E-state index in [2.05, 4.69) is 30.6 Å². The van der Waals surface area contributed by atoms with Gasteiger partial charge in [-0.3, -0.25) is 9.80 Å². The minimum atomic E-state index is 0.821. The van der Waals surface area contributed by atoms with E-state index in [1.54, 1.807) is 0 Å². The molecule has 116 valence electrons. The maximum absolute atomic E-state index is 2.95. The number of piperazine rings is 1. The van der Waals surface area contributed by atoms with Crippen molar-refractivity contribution >= 4 is 0 Å². The van der Waals surface area contributed by atoms with Crippen LogP contribution in [-0.4, -0.2) is 47.6 Å². The van der Waals surface area contributed by atoms with E-state index in [4.69, 9.17) is 0 Å². The maximum Gasteiger partial charge on any atom is 0.0224 e. The van der Waals surface area contributed by atoms with Gasteiger partial charge in [0, 0.05) is 31.2 Å². The fourth-order valence-corrected chi connectivity index (χ4v) is 5.07. The third kappa shape index (κ3) is 2.78. The highest BCUT2D eigenvalue weighted by molar-refractivity contribution is 4.95. The maximum atomic E-state index is 2.95. The van der Waals surface area contributed by atoms with Gasteiger partial charge < -0.3 is 0 Å². The molecule has 2 aliphatic heterocycles. The normalized spacial score (nSPS) is 44.2. The van der Waals surface area contributed by atoms with Gasteiger partial charge in [0.1, 0.15) is 0 Å². The second-order valence-electron chi connectivity index (χ2n) is 7.74. The molecule has 3 aliphatic rings. The van der Waals surface area contributed by atoms with Crippen molar-refractivity contribution < 1.29 is 0 Å². The highest BCUT2D eigenvalue weighted by Gasteiger charge is 2.40. The predicted molar refractivity (Wildman–Crippen MR) is 86.0 cm³/mol. The molecule has 2 saturated heterocycles. The average molecular weight is 278 g/mol. The van der Waals surface area contributed by atoms with Crippen molar-refractivity contribution in [1.82, 2.24) is 9.80 Å². The fourth-order valence-electron chi connectivity index (χ4n) is 5.07. The van der Waals surface area contributed by atoms with E-state index < -0.39 is 0 Å². The molecule has 3 rings (SSSR count). The smallest absolute Gasteiger partial charge is 0.0224 e. The predicted octanol–water partition coefficient (Wildman–Crippen LogP) is 3.76. The molecule has 0 spiro atoms. The van der Waals surface area contributed by atoms with Crippen LogP contribution in [-0.2, 0) is 0 Å². The topological polar surface area (TPSA) is 6.48 Å². The molecule has 0 amide bonds. The standard InChI is InChI=1S/C18H34N2/c1-4-16-12-19-11-6-5-9-17(19)13-20(16)18-10-7-8-14(2)15(18)3/h14-18H,4-13H2,1-3H3. The van der Waals surface area contributed by atoms with Crippen LogP contribution in [0.5, 0.6) is 0 Å². The molecule has 0 aromatic heterocycles. The molecule has 20 heavy (non-hydrogen) atoms. The van der Waals surface area contributed by atoms with Crippen LogP contribution in [0, 0.1) is 11.8 Å². The summed E-state index contributed by atoms with van der Waals surface area (Å²) in [7, 11) is 0. The summed E-state index contributed by atoms with van der Waals surface area (Å²) in [6.07, 6.45) is 10.0. The summed E-state index contributed by atoms with van der Waals surface area (Å²) >= 11 is 0. The number of hydrogen-bond acceptors (Lipinski definition) is 2. The minimum Gasteiger partial charge on any atom is -0.298 e. The highest BCUT2D eigenvalue weighted by Crippen LogP contribution is 2.36. The lowest BCUT2D eigenvalue weighted by Gasteiger charge is -2.53. The highest BCUT2D eigenvalue weighted by atomic mass is 15.3. The molecule has 2 heterocycles. The van der Waals surface area contributed by atoms with Crippen molar-refractivity contribution in [3.8, 4) is 0 Å². The Morgan fingerprint density at radius 2 is 1.80 bits per heavy atom. The van der Waals surface area contributed by atoms with Crippen molar-refractivity contribution in [1.29, 1.82) is 0 Å². The van der Waals surface area contributed by atoms with Crippen LogP contribution in [0.15, 0.2) is 0 Å². The Hall–Kier alpha value is -0.0800. The molecular weight excluding hydrogens is 244 g/mol. The summed E-state index contributed by atoms with van der Waals surface area (Å²) in [5, 5.41) is 0. The van der Waals surface area contributed by atoms with Crippen molar-refractivity contribution in [3.05, 3.63) is 0 Å². The lowest BCUT2D eigenvalue weighted by Crippen LogP contribution is -2.63. The third-order valence-corrected chi connectivity index (χ3v) is 6.65. The van der Waals surface area contributed by atoms with E-state index in [1.807, 2.05) is 0 Å². The Bertz CT molecular complexity index is 317. The van der Waals surface area contributed by atoms with Crippen LogP contribution in [0.1, 0.15) is 65.7 Å². The van der Waals surface area contributed by atoms with Gasteiger partial charge in [0.25, 0.3) is 0 Å². The van der Waals surface area contributed by atoms with Gasteiger partial charge in [-0.25, -0.2) is 0 Å². The van der Waals surface area contributed by atoms with Gasteiger partial charge in [0.05, 0.1) is 0 Å². The molecule has 1 saturated carbocycles. The summed E-state index contributed by atoms with van der Waals surface area (Å²) < 4.78 is 0. The van der Waals surface area contributed by atoms with Crippen molar-refractivity contribution in [2.24, 2.45) is 11.8 Å². The number of piperidine rings is 1. The van der Waals surface area contributed by atoms with Gasteiger partial charge >= 0.3 is 0 Å². The van der Waals surface area contributed by atoms with Crippen molar-refractivity contribution in [2.75, 3.05) is 19.6 Å². The van der Waals surface area contributed by atoms with Gasteiger partial charge in [-0.2, -0.15) is 0 Å². The van der Waals surface area contributed by atoms with Crippen molar-refractivity contribution in [3.63, 3.8) is 0 Å². The fraction of sp³-hybridized carbons (Fsp3) is 1.00. The number of hydrogen-bond donors (Lipinski definition) is 0. The van der Waals surface area contributed by atoms with Crippen LogP contribution < -0.4 is 0 Å². The summed E-state index contributed by atoms with van der Waals surface area (Å²) in [6, 6.07) is 2.56. The van der Waals surface area contributed by atoms with Gasteiger partial charge in [0.15, 0.2) is 0 Å². The molecule has 2 heteroatoms. The largest absolute Gasteiger partial charge is 0.298 e. The molecular formula is C18H34N2. The zero-order chi connectivity index (χ0) is 14.1. The van der Waals surface area contributed by atoms with Gasteiger partial charge in [-0.1, -0.05) is 40.0 Å². The zero-order valence-corrected chi connectivity index (χ0v) is 13.9. The quantitative estimate of drug-likeness (QED) is 0.759. The third-order valence-electron chi connectivity index (χ3n) is 6.65. The lowest BCUT2D eigenvalue weighted by molar-refractivity contribution is -0.0436. The molecule has 2 nitrogen and oxygen atoms in total. The summed E-state index contributed by atoms with van der Waals surface area (Å²) in [6.45, 7) is 11.5. The van der Waals surface area contributed by atoms with E-state index >= 15 is 0 Å². The van der Waals surface area contributed by atoms with Crippen molar-refractivity contribution in [2.45, 2.75) is 83.8 Å². The first-order chi connectivity index (χ1) is 9.70. The molecule has 5 unspecified atom stereocenters. The van der Waals surface area contributed by atoms with Gasteiger partial charge in [-0.05, 0) is 44.1 Å². The Labute approximate surface area is 125 Å². The molecule has 0 N–H and O–H groups in total. The molecule has 3 fully saturated rings. The van der Waals surface area contributed by atoms with E-state index in [0.717, 1.165) is 30.0 Å². The Morgan fingerprint density at radius 1 is 0.950 bits per heavy atom. The summed E-state index contributed by atoms with van der Waals surface area (Å²) in [5.41, 5.74) is 0. The second kappa shape index (κ2) is 6.36. The molecule has 0 aromatic carbocycles. The van der Waals surface area contributed by atoms with E-state index in [-0.39, 0.29) is 0 Å². The first-order valence-corrected chi connectivity index (χ1v) is 9.20. The van der Waals surface area contributed by atoms with Gasteiger partial charge in [-0.15, -0.1) is 0 Å². The SMILES string of the molecule is CCC1CN2CCCCC2CN1C1CCCC(C)C1C. The number of fused-ring (bicyclic) bond motifs is 1. The van der Waals surface area contributed by atoms with Crippen LogP contribution in [0.2, 0.25) is 0 Å². The average Bonchev–Trinajstić information content (AvgIpc) is 2.48. The zero-order valence-electron chi connectivity index (χ0n) is 13.9. The molecule has 5 atom stereocenters. The van der Waals surface area contributed by atoms with Crippen LogP contribution >= 0.6 is 0 Å². The molecule has 0 bridgehead atoms. The summed E-state index contributed by atoms with van der Waals surface area (Å²) in [4.78, 5) is 5.76. The molecule has 1 aliphatic carbocycles. The Balaban J connectivity index is 1.72. The molecule has 0 radical (unpaired) electrons. The Kier molecular flexibility index (Phi) is 4.72. The first kappa shape index (κ1) is 14.8. The van der Waals surface area contributed by atoms with Crippen LogP contribution in [0.3, 0.4) is 0 Å². The van der Waals surface area contributed by atoms with Crippen LogP contribution in [0.4, 0.5) is 0 Å². The Morgan fingerprint density at radius 3 is 2.60 bits per heavy atom. The number of nitrogens with zero attached hydrogens (tertiary/aromatic N) is 2. The summed E-state index contributed by atoms with van der Waals surface area (Å²) in [5.74, 6) is 1.82. The molecule has 0 aromatic rings. The number of rotatable bonds is 2. The monoisotopic (exact) mass is 278 g/mol. The second-order valence-corrected chi connectivity index (χ2v) is 7.74. The minimum absolute atomic E-state index is 0.821. The van der Waals surface area contributed by atoms with E-state index in [0.29, 0.717) is 0 Å². The van der Waals surface area contributed by atoms with E-state index in [1.165, 1.54) is 64.6 Å². The van der Waals surface area contributed by atoms with E-state index in [9.17, 15) is 0 Å². The van der Waals surface area contributed by atoms with Crippen LogP contribution in [0.25, 0.3) is 0 Å².